The summed E-state index contributed by atoms with van der Waals surface area (Å²) in [7, 11) is 0. The fraction of sp³-hybridized carbons (Fsp3) is 0.133. The minimum absolute atomic E-state index is 0.200. The van der Waals surface area contributed by atoms with Crippen LogP contribution in [-0.4, -0.2) is 16.2 Å². The highest BCUT2D eigenvalue weighted by molar-refractivity contribution is 6.01. The maximum Gasteiger partial charge on any atom is 0.416 e. The quantitative estimate of drug-likeness (QED) is 0.791. The molecule has 1 aliphatic heterocycles. The second-order valence-electron chi connectivity index (χ2n) is 4.83. The molecule has 1 unspecified atom stereocenters. The molecule has 2 aromatic rings. The van der Waals surface area contributed by atoms with E-state index >= 15 is 0 Å². The van der Waals surface area contributed by atoms with E-state index in [-0.39, 0.29) is 16.2 Å². The Morgan fingerprint density at radius 2 is 1.68 bits per heavy atom. The normalized spacial score (nSPS) is 17.9. The van der Waals surface area contributed by atoms with Crippen LogP contribution in [-0.2, 0) is 6.18 Å². The van der Waals surface area contributed by atoms with E-state index < -0.39 is 23.8 Å². The van der Waals surface area contributed by atoms with E-state index in [1.165, 1.54) is 24.3 Å². The third-order valence-electron chi connectivity index (χ3n) is 3.46. The van der Waals surface area contributed by atoms with Gasteiger partial charge in [0.1, 0.15) is 0 Å². The topological polar surface area (TPSA) is 52.6 Å². The molecule has 114 valence electrons. The lowest BCUT2D eigenvalue weighted by atomic mass is 10.0. The average Bonchev–Trinajstić information content (AvgIpc) is 2.50. The molecule has 0 fully saturated rings. The fourth-order valence-electron chi connectivity index (χ4n) is 2.45. The number of para-hydroxylation sites is 1. The van der Waals surface area contributed by atoms with E-state index in [0.717, 1.165) is 6.07 Å². The van der Waals surface area contributed by atoms with Gasteiger partial charge in [-0.15, -0.1) is 0 Å². The van der Waals surface area contributed by atoms with Gasteiger partial charge in [-0.3, -0.25) is 10.0 Å². The molecule has 0 saturated carbocycles. The van der Waals surface area contributed by atoms with Crippen molar-refractivity contribution >= 4 is 11.6 Å². The van der Waals surface area contributed by atoms with E-state index in [2.05, 4.69) is 5.32 Å². The molecule has 2 N–H and O–H groups in total. The summed E-state index contributed by atoms with van der Waals surface area (Å²) >= 11 is 0. The zero-order valence-corrected chi connectivity index (χ0v) is 11.1. The molecule has 3 rings (SSSR count). The van der Waals surface area contributed by atoms with E-state index in [1.807, 2.05) is 0 Å². The first-order valence-electron chi connectivity index (χ1n) is 6.43. The largest absolute Gasteiger partial charge is 0.416 e. The van der Waals surface area contributed by atoms with Crippen LogP contribution in [0.15, 0.2) is 48.5 Å². The van der Waals surface area contributed by atoms with Gasteiger partial charge in [-0.05, 0) is 18.2 Å². The van der Waals surface area contributed by atoms with Gasteiger partial charge in [0.25, 0.3) is 5.91 Å². The number of hydroxylamine groups is 2. The zero-order valence-electron chi connectivity index (χ0n) is 11.1. The summed E-state index contributed by atoms with van der Waals surface area (Å²) in [6.45, 7) is 0. The lowest BCUT2D eigenvalue weighted by molar-refractivity contribution is -0.140. The highest BCUT2D eigenvalue weighted by Crippen LogP contribution is 2.38. The summed E-state index contributed by atoms with van der Waals surface area (Å²) in [5.41, 5.74) is -0.551. The summed E-state index contributed by atoms with van der Waals surface area (Å²) in [5.74, 6) is -0.753. The Balaban J connectivity index is 2.10. The average molecular weight is 308 g/mol. The molecule has 1 amide bonds. The first kappa shape index (κ1) is 14.4. The molecule has 1 aliphatic rings. The van der Waals surface area contributed by atoms with Gasteiger partial charge in [0.2, 0.25) is 0 Å². The summed E-state index contributed by atoms with van der Waals surface area (Å²) in [6, 6.07) is 11.1. The number of rotatable bonds is 1. The SMILES string of the molecule is O=C1c2ccccc2NC(c2ccccc2C(F)(F)F)N1O. The molecular weight excluding hydrogens is 297 g/mol. The standard InChI is InChI=1S/C15H11F3N2O2/c16-15(17,18)11-7-3-1-5-9(11)13-19-12-8-4-2-6-10(12)14(21)20(13)22/h1-8,13,19,22H. The number of fused-ring (bicyclic) bond motifs is 1. The van der Waals surface area contributed by atoms with Crippen LogP contribution >= 0.6 is 0 Å². The lowest BCUT2D eigenvalue weighted by Gasteiger charge is -2.34. The molecule has 1 heterocycles. The first-order valence-corrected chi connectivity index (χ1v) is 6.43. The zero-order chi connectivity index (χ0) is 15.9. The van der Waals surface area contributed by atoms with Gasteiger partial charge in [0.15, 0.2) is 6.17 Å². The van der Waals surface area contributed by atoms with Crippen molar-refractivity contribution in [1.29, 1.82) is 0 Å². The van der Waals surface area contributed by atoms with Gasteiger partial charge < -0.3 is 5.32 Å². The molecule has 0 aromatic heterocycles. The van der Waals surface area contributed by atoms with Crippen LogP contribution in [0.3, 0.4) is 0 Å². The number of amides is 1. The highest BCUT2D eigenvalue weighted by Gasteiger charge is 2.39. The van der Waals surface area contributed by atoms with Gasteiger partial charge in [-0.25, -0.2) is 0 Å². The van der Waals surface area contributed by atoms with Crippen molar-refractivity contribution in [3.63, 3.8) is 0 Å². The van der Waals surface area contributed by atoms with Crippen molar-refractivity contribution in [2.24, 2.45) is 0 Å². The van der Waals surface area contributed by atoms with E-state index in [9.17, 15) is 23.2 Å². The second kappa shape index (κ2) is 5.03. The highest BCUT2D eigenvalue weighted by atomic mass is 19.4. The smallest absolute Gasteiger partial charge is 0.359 e. The summed E-state index contributed by atoms with van der Waals surface area (Å²) in [6.07, 6.45) is -5.89. The number of hydrogen-bond donors (Lipinski definition) is 2. The maximum atomic E-state index is 13.1. The Morgan fingerprint density at radius 3 is 2.41 bits per heavy atom. The van der Waals surface area contributed by atoms with Crippen molar-refractivity contribution in [3.8, 4) is 0 Å². The van der Waals surface area contributed by atoms with Gasteiger partial charge in [-0.1, -0.05) is 30.3 Å². The van der Waals surface area contributed by atoms with Gasteiger partial charge in [0, 0.05) is 11.3 Å². The van der Waals surface area contributed by atoms with Crippen LogP contribution in [0.1, 0.15) is 27.7 Å². The molecule has 2 aromatic carbocycles. The second-order valence-corrected chi connectivity index (χ2v) is 4.83. The molecule has 0 aliphatic carbocycles. The number of carbonyl (C=O) groups is 1. The number of alkyl halides is 3. The van der Waals surface area contributed by atoms with Crippen LogP contribution in [0.4, 0.5) is 18.9 Å². The van der Waals surface area contributed by atoms with Gasteiger partial charge in [-0.2, -0.15) is 18.2 Å². The van der Waals surface area contributed by atoms with Crippen molar-refractivity contribution in [2.75, 3.05) is 5.32 Å². The van der Waals surface area contributed by atoms with Crippen LogP contribution < -0.4 is 5.32 Å². The number of halogens is 3. The van der Waals surface area contributed by atoms with E-state index in [0.29, 0.717) is 5.69 Å². The molecule has 4 nitrogen and oxygen atoms in total. The molecular formula is C15H11F3N2O2. The number of nitrogens with zero attached hydrogens (tertiary/aromatic N) is 1. The third-order valence-corrected chi connectivity index (χ3v) is 3.46. The third kappa shape index (κ3) is 2.29. The summed E-state index contributed by atoms with van der Waals surface area (Å²) < 4.78 is 39.3. The molecule has 7 heteroatoms. The molecule has 22 heavy (non-hydrogen) atoms. The minimum atomic E-state index is -4.58. The molecule has 0 saturated heterocycles. The van der Waals surface area contributed by atoms with E-state index in [4.69, 9.17) is 0 Å². The van der Waals surface area contributed by atoms with Gasteiger partial charge >= 0.3 is 6.18 Å². The number of benzene rings is 2. The fourth-order valence-corrected chi connectivity index (χ4v) is 2.45. The Bertz CT molecular complexity index is 731. The summed E-state index contributed by atoms with van der Waals surface area (Å²) in [5, 5.41) is 13.0. The first-order chi connectivity index (χ1) is 10.4. The predicted octanol–water partition coefficient (Wildman–Crippen LogP) is 3.66. The minimum Gasteiger partial charge on any atom is -0.359 e. The molecule has 0 radical (unpaired) electrons. The van der Waals surface area contributed by atoms with Crippen LogP contribution in [0.25, 0.3) is 0 Å². The van der Waals surface area contributed by atoms with E-state index in [1.54, 1.807) is 18.2 Å². The number of hydrogen-bond acceptors (Lipinski definition) is 3. The Kier molecular flexibility index (Phi) is 3.29. The number of nitrogens with one attached hydrogen (secondary N) is 1. The van der Waals surface area contributed by atoms with Crippen molar-refractivity contribution < 1.29 is 23.2 Å². The lowest BCUT2D eigenvalue weighted by Crippen LogP contribution is -2.41. The predicted molar refractivity (Wildman–Crippen MR) is 72.2 cm³/mol. The Hall–Kier alpha value is -2.54. The Labute approximate surface area is 123 Å². The number of carbonyl (C=O) groups excluding carboxylic acids is 1. The monoisotopic (exact) mass is 308 g/mol. The van der Waals surface area contributed by atoms with Crippen molar-refractivity contribution in [3.05, 3.63) is 65.2 Å². The van der Waals surface area contributed by atoms with Gasteiger partial charge in [0.05, 0.1) is 11.1 Å². The maximum absolute atomic E-state index is 13.1. The van der Waals surface area contributed by atoms with Crippen LogP contribution in [0, 0.1) is 0 Å². The molecule has 0 bridgehead atoms. The molecule has 0 spiro atoms. The molecule has 1 atom stereocenters. The van der Waals surface area contributed by atoms with Crippen molar-refractivity contribution in [2.45, 2.75) is 12.3 Å². The van der Waals surface area contributed by atoms with Crippen LogP contribution in [0.2, 0.25) is 0 Å². The number of anilines is 1. The van der Waals surface area contributed by atoms with Crippen molar-refractivity contribution in [1.82, 2.24) is 5.06 Å². The van der Waals surface area contributed by atoms with Crippen LogP contribution in [0.5, 0.6) is 0 Å². The summed E-state index contributed by atoms with van der Waals surface area (Å²) in [4.78, 5) is 12.1. The Morgan fingerprint density at radius 1 is 1.05 bits per heavy atom.